The Bertz CT molecular complexity index is 1690. The summed E-state index contributed by atoms with van der Waals surface area (Å²) in [6.07, 6.45) is 3.00. The SMILES string of the molecule is CCc1ccccc1CN1CCN(C(=O)[C@H](NC(=O)OCc2ccccc2)C2CCN(CCc3cc(Cl)ccc3-c3ccccc3)CC2)CC1. The van der Waals surface area contributed by atoms with Gasteiger partial charge in [0.15, 0.2) is 0 Å². The highest BCUT2D eigenvalue weighted by molar-refractivity contribution is 6.30. The molecule has 2 heterocycles. The number of piperidine rings is 1. The molecule has 2 saturated heterocycles. The number of halogens is 1. The van der Waals surface area contributed by atoms with Crippen LogP contribution in [-0.4, -0.2) is 78.6 Å². The molecule has 6 rings (SSSR count). The first-order valence-corrected chi connectivity index (χ1v) is 18.5. The Hall–Kier alpha value is -4.17. The van der Waals surface area contributed by atoms with Gasteiger partial charge in [0.2, 0.25) is 5.91 Å². The molecule has 0 radical (unpaired) electrons. The first kappa shape index (κ1) is 35.6. The first-order chi connectivity index (χ1) is 24.5. The summed E-state index contributed by atoms with van der Waals surface area (Å²) in [6.45, 7) is 8.78. The second-order valence-corrected chi connectivity index (χ2v) is 13.9. The van der Waals surface area contributed by atoms with Crippen LogP contribution in [0.1, 0.15) is 42.0 Å². The molecule has 50 heavy (non-hydrogen) atoms. The van der Waals surface area contributed by atoms with E-state index >= 15 is 0 Å². The highest BCUT2D eigenvalue weighted by Gasteiger charge is 2.36. The molecule has 2 aliphatic rings. The van der Waals surface area contributed by atoms with Gasteiger partial charge in [0.25, 0.3) is 0 Å². The highest BCUT2D eigenvalue weighted by atomic mass is 35.5. The lowest BCUT2D eigenvalue weighted by Gasteiger charge is -2.40. The summed E-state index contributed by atoms with van der Waals surface area (Å²) in [4.78, 5) is 34.2. The van der Waals surface area contributed by atoms with Crippen molar-refractivity contribution >= 4 is 23.6 Å². The van der Waals surface area contributed by atoms with Gasteiger partial charge < -0.3 is 19.9 Å². The van der Waals surface area contributed by atoms with Crippen LogP contribution < -0.4 is 5.32 Å². The van der Waals surface area contributed by atoms with Gasteiger partial charge in [-0.1, -0.05) is 110 Å². The predicted molar refractivity (Wildman–Crippen MR) is 201 cm³/mol. The Morgan fingerprint density at radius 3 is 2.14 bits per heavy atom. The zero-order chi connectivity index (χ0) is 34.7. The number of hydrogen-bond donors (Lipinski definition) is 1. The van der Waals surface area contributed by atoms with Crippen LogP contribution in [0.5, 0.6) is 0 Å². The van der Waals surface area contributed by atoms with Gasteiger partial charge in [0.05, 0.1) is 0 Å². The molecule has 0 bridgehead atoms. The van der Waals surface area contributed by atoms with E-state index in [4.69, 9.17) is 16.3 Å². The smallest absolute Gasteiger partial charge is 0.408 e. The average Bonchev–Trinajstić information content (AvgIpc) is 3.16. The van der Waals surface area contributed by atoms with E-state index in [2.05, 4.69) is 82.7 Å². The van der Waals surface area contributed by atoms with Crippen LogP contribution in [0.25, 0.3) is 11.1 Å². The van der Waals surface area contributed by atoms with Gasteiger partial charge in [-0.05, 0) is 90.2 Å². The number of carbonyl (C=O) groups excluding carboxylic acids is 2. The van der Waals surface area contributed by atoms with Crippen LogP contribution in [0.2, 0.25) is 5.02 Å². The van der Waals surface area contributed by atoms with Gasteiger partial charge in [0.1, 0.15) is 12.6 Å². The maximum atomic E-state index is 14.2. The lowest BCUT2D eigenvalue weighted by molar-refractivity contribution is -0.137. The van der Waals surface area contributed by atoms with Crippen molar-refractivity contribution in [2.75, 3.05) is 45.8 Å². The van der Waals surface area contributed by atoms with Crippen LogP contribution >= 0.6 is 11.6 Å². The third-order valence-corrected chi connectivity index (χ3v) is 10.5. The number of benzene rings is 4. The second-order valence-electron chi connectivity index (χ2n) is 13.5. The molecule has 8 heteroatoms. The summed E-state index contributed by atoms with van der Waals surface area (Å²) in [5.74, 6) is 0.0312. The number of piperazine rings is 1. The van der Waals surface area contributed by atoms with Gasteiger partial charge in [-0.15, -0.1) is 0 Å². The van der Waals surface area contributed by atoms with E-state index in [0.717, 1.165) is 75.5 Å². The zero-order valence-corrected chi connectivity index (χ0v) is 29.9. The van der Waals surface area contributed by atoms with E-state index in [0.29, 0.717) is 13.1 Å². The average molecular weight is 693 g/mol. The Morgan fingerprint density at radius 1 is 0.780 bits per heavy atom. The number of alkyl carbamates (subject to hydrolysis) is 1. The number of hydrogen-bond acceptors (Lipinski definition) is 5. The van der Waals surface area contributed by atoms with Crippen LogP contribution in [0.3, 0.4) is 0 Å². The van der Waals surface area contributed by atoms with Crippen LogP contribution in [0.4, 0.5) is 4.79 Å². The minimum absolute atomic E-state index is 0.000139. The number of ether oxygens (including phenoxy) is 1. The van der Waals surface area contributed by atoms with E-state index < -0.39 is 12.1 Å². The highest BCUT2D eigenvalue weighted by Crippen LogP contribution is 2.28. The third kappa shape index (κ3) is 9.53. The molecule has 262 valence electrons. The van der Waals surface area contributed by atoms with E-state index in [1.54, 1.807) is 0 Å². The molecule has 0 aliphatic carbocycles. The van der Waals surface area contributed by atoms with Crippen LogP contribution in [0.15, 0.2) is 103 Å². The van der Waals surface area contributed by atoms with Crippen molar-refractivity contribution in [3.8, 4) is 11.1 Å². The molecule has 2 aliphatic heterocycles. The zero-order valence-electron chi connectivity index (χ0n) is 29.1. The summed E-state index contributed by atoms with van der Waals surface area (Å²) in [7, 11) is 0. The Balaban J connectivity index is 1.07. The molecular formula is C42H49ClN4O3. The van der Waals surface area contributed by atoms with Crippen molar-refractivity contribution in [2.24, 2.45) is 5.92 Å². The van der Waals surface area contributed by atoms with Crippen molar-refractivity contribution in [3.63, 3.8) is 0 Å². The van der Waals surface area contributed by atoms with Crippen LogP contribution in [-0.2, 0) is 35.5 Å². The van der Waals surface area contributed by atoms with Gasteiger partial charge in [-0.25, -0.2) is 4.79 Å². The molecular weight excluding hydrogens is 644 g/mol. The predicted octanol–water partition coefficient (Wildman–Crippen LogP) is 7.46. The fourth-order valence-corrected chi connectivity index (χ4v) is 7.55. The van der Waals surface area contributed by atoms with E-state index in [-0.39, 0.29) is 18.4 Å². The van der Waals surface area contributed by atoms with Crippen LogP contribution in [0, 0.1) is 5.92 Å². The summed E-state index contributed by atoms with van der Waals surface area (Å²) in [5, 5.41) is 3.77. The number of aryl methyl sites for hydroxylation is 1. The van der Waals surface area contributed by atoms with E-state index in [1.165, 1.54) is 27.8 Å². The monoisotopic (exact) mass is 692 g/mol. The van der Waals surface area contributed by atoms with Crippen molar-refractivity contribution < 1.29 is 14.3 Å². The van der Waals surface area contributed by atoms with Crippen molar-refractivity contribution in [2.45, 2.75) is 51.8 Å². The number of rotatable bonds is 12. The molecule has 2 amide bonds. The standard InChI is InChI=1S/C42H49ClN4O3/c1-2-33-13-9-10-16-37(33)30-46-25-27-47(28-26-46)41(48)40(44-42(49)50-31-32-11-5-3-6-12-32)35-19-22-45(23-20-35)24-21-36-29-38(43)17-18-39(36)34-14-7-4-8-15-34/h3-18,29,35,40H,2,19-28,30-31H2,1H3,(H,44,49)/t40-/m1/s1. The largest absolute Gasteiger partial charge is 0.445 e. The summed E-state index contributed by atoms with van der Waals surface area (Å²) in [6, 6.07) is 34.2. The number of nitrogens with one attached hydrogen (secondary N) is 1. The summed E-state index contributed by atoms with van der Waals surface area (Å²) < 4.78 is 5.61. The normalized spacial score (nSPS) is 16.6. The molecule has 4 aromatic carbocycles. The van der Waals surface area contributed by atoms with Gasteiger partial charge in [0, 0.05) is 44.3 Å². The molecule has 1 N–H and O–H groups in total. The van der Waals surface area contributed by atoms with E-state index in [9.17, 15) is 9.59 Å². The molecule has 0 spiro atoms. The summed E-state index contributed by atoms with van der Waals surface area (Å²) >= 11 is 6.43. The number of nitrogens with zero attached hydrogens (tertiary/aromatic N) is 3. The Labute approximate surface area is 302 Å². The maximum Gasteiger partial charge on any atom is 0.408 e. The molecule has 0 unspecified atom stereocenters. The fraction of sp³-hybridized carbons (Fsp3) is 0.381. The maximum absolute atomic E-state index is 14.2. The van der Waals surface area contributed by atoms with E-state index in [1.807, 2.05) is 47.4 Å². The Kier molecular flexibility index (Phi) is 12.6. The Morgan fingerprint density at radius 2 is 1.44 bits per heavy atom. The first-order valence-electron chi connectivity index (χ1n) is 18.1. The lowest BCUT2D eigenvalue weighted by Crippen LogP contribution is -2.58. The van der Waals surface area contributed by atoms with Crippen molar-refractivity contribution in [1.29, 1.82) is 0 Å². The molecule has 1 atom stereocenters. The fourth-order valence-electron chi connectivity index (χ4n) is 7.35. The quantitative estimate of drug-likeness (QED) is 0.167. The van der Waals surface area contributed by atoms with Gasteiger partial charge >= 0.3 is 6.09 Å². The van der Waals surface area contributed by atoms with Crippen molar-refractivity contribution in [1.82, 2.24) is 20.0 Å². The molecule has 0 saturated carbocycles. The van der Waals surface area contributed by atoms with Gasteiger partial charge in [-0.3, -0.25) is 9.69 Å². The van der Waals surface area contributed by atoms with Crippen molar-refractivity contribution in [3.05, 3.63) is 130 Å². The third-order valence-electron chi connectivity index (χ3n) is 10.3. The van der Waals surface area contributed by atoms with Gasteiger partial charge in [-0.2, -0.15) is 0 Å². The second kappa shape index (κ2) is 17.7. The molecule has 0 aromatic heterocycles. The molecule has 4 aromatic rings. The number of carbonyl (C=O) groups is 2. The molecule has 2 fully saturated rings. The number of likely N-dealkylation sites (tertiary alicyclic amines) is 1. The summed E-state index contributed by atoms with van der Waals surface area (Å²) in [5.41, 5.74) is 7.28. The minimum Gasteiger partial charge on any atom is -0.445 e. The lowest BCUT2D eigenvalue weighted by atomic mass is 9.88. The number of amides is 2. The minimum atomic E-state index is -0.620. The topological polar surface area (TPSA) is 65.1 Å². The molecule has 7 nitrogen and oxygen atoms in total.